The molecule has 0 saturated heterocycles. The summed E-state index contributed by atoms with van der Waals surface area (Å²) in [6.07, 6.45) is 53.0. The lowest BCUT2D eigenvalue weighted by Crippen LogP contribution is -2.21. The number of thioether (sulfide) groups is 6. The van der Waals surface area contributed by atoms with Gasteiger partial charge in [0.05, 0.1) is 39.6 Å². The van der Waals surface area contributed by atoms with Crippen molar-refractivity contribution in [2.24, 2.45) is 0 Å². The quantitative estimate of drug-likeness (QED) is 0.0137. The van der Waals surface area contributed by atoms with Crippen LogP contribution in [0.4, 0.5) is 0 Å². The molecule has 0 radical (unpaired) electrons. The van der Waals surface area contributed by atoms with Gasteiger partial charge in [-0.15, -0.1) is 0 Å². The van der Waals surface area contributed by atoms with Crippen LogP contribution in [0, 0.1) is 0 Å². The van der Waals surface area contributed by atoms with Crippen LogP contribution in [0.2, 0.25) is 0 Å². The van der Waals surface area contributed by atoms with Gasteiger partial charge >= 0.3 is 0 Å². The Labute approximate surface area is 786 Å². The third-order valence-electron chi connectivity index (χ3n) is 21.5. The van der Waals surface area contributed by atoms with Gasteiger partial charge in [0.15, 0.2) is 34.5 Å². The maximum atomic E-state index is 11.6. The summed E-state index contributed by atoms with van der Waals surface area (Å²) in [5.74, 6) is 17.4. The number of carbonyl (C=O) groups is 6. The van der Waals surface area contributed by atoms with Gasteiger partial charge in [-0.05, 0) is 328 Å². The number of fused-ring (bicyclic) bond motifs is 6. The summed E-state index contributed by atoms with van der Waals surface area (Å²) in [6, 6.07) is 13.4. The molecule has 0 aliphatic heterocycles. The van der Waals surface area contributed by atoms with Crippen LogP contribution in [0.5, 0.6) is 34.5 Å². The molecule has 0 spiro atoms. The lowest BCUT2D eigenvalue weighted by molar-refractivity contribution is -0.117. The van der Waals surface area contributed by atoms with Crippen molar-refractivity contribution in [2.75, 3.05) is 148 Å². The Balaban J connectivity index is 1.73. The first-order valence-electron chi connectivity index (χ1n) is 48.2. The Hall–Kier alpha value is -6.18. The molecule has 708 valence electrons. The fourth-order valence-corrected chi connectivity index (χ4v) is 20.2. The van der Waals surface area contributed by atoms with E-state index in [0.29, 0.717) is 78.9 Å². The highest BCUT2D eigenvalue weighted by Gasteiger charge is 2.22. The van der Waals surface area contributed by atoms with Crippen LogP contribution in [0.1, 0.15) is 270 Å². The molecular weight excluding hydrogens is 1690 g/mol. The van der Waals surface area contributed by atoms with E-state index in [9.17, 15) is 28.8 Å². The normalized spacial score (nSPS) is 11.1. The van der Waals surface area contributed by atoms with Gasteiger partial charge in [-0.25, -0.2) is 0 Å². The van der Waals surface area contributed by atoms with Crippen molar-refractivity contribution in [1.29, 1.82) is 0 Å². The Morgan fingerprint density at radius 1 is 0.190 bits per heavy atom. The van der Waals surface area contributed by atoms with Crippen LogP contribution in [0.25, 0.3) is 32.3 Å². The molecular formula is C102H162N6O12S6. The lowest BCUT2D eigenvalue weighted by Gasteiger charge is -2.21. The van der Waals surface area contributed by atoms with E-state index < -0.39 is 0 Å². The third kappa shape index (κ3) is 57.1. The molecule has 18 nitrogen and oxygen atoms in total. The molecule has 126 heavy (non-hydrogen) atoms. The molecule has 24 heteroatoms. The minimum Gasteiger partial charge on any atom is -0.490 e. The van der Waals surface area contributed by atoms with E-state index in [0.717, 1.165) is 406 Å². The molecule has 6 amide bonds. The van der Waals surface area contributed by atoms with Gasteiger partial charge in [-0.1, -0.05) is 155 Å². The maximum Gasteiger partial charge on any atom is 0.243 e. The zero-order valence-corrected chi connectivity index (χ0v) is 82.1. The highest BCUT2D eigenvalue weighted by Crippen LogP contribution is 2.48. The summed E-state index contributed by atoms with van der Waals surface area (Å²) in [7, 11) is 0. The van der Waals surface area contributed by atoms with E-state index >= 15 is 0 Å². The number of benzene rings is 4. The van der Waals surface area contributed by atoms with Crippen molar-refractivity contribution >= 4 is 138 Å². The maximum absolute atomic E-state index is 11.6. The first-order valence-corrected chi connectivity index (χ1v) is 55.1. The lowest BCUT2D eigenvalue weighted by atomic mass is 9.93. The zero-order valence-electron chi connectivity index (χ0n) is 77.2. The second kappa shape index (κ2) is 79.7. The predicted octanol–water partition coefficient (Wildman–Crippen LogP) is 24.0. The minimum atomic E-state index is -0.108. The Kier molecular flexibility index (Phi) is 71.0. The van der Waals surface area contributed by atoms with Crippen molar-refractivity contribution in [1.82, 2.24) is 31.9 Å². The highest BCUT2D eigenvalue weighted by atomic mass is 32.2. The number of rotatable bonds is 90. The number of carbonyl (C=O) groups excluding carboxylic acids is 6. The van der Waals surface area contributed by atoms with Crippen LogP contribution in [-0.2, 0) is 28.8 Å². The van der Waals surface area contributed by atoms with Gasteiger partial charge in [0.2, 0.25) is 35.4 Å². The summed E-state index contributed by atoms with van der Waals surface area (Å²) in [5.41, 5.74) is 0. The molecule has 0 unspecified atom stereocenters. The van der Waals surface area contributed by atoms with E-state index in [-0.39, 0.29) is 35.4 Å². The molecule has 0 aliphatic rings. The number of hydrogen-bond acceptors (Lipinski definition) is 18. The monoisotopic (exact) mass is 1860 g/mol. The van der Waals surface area contributed by atoms with Crippen molar-refractivity contribution in [3.8, 4) is 34.5 Å². The van der Waals surface area contributed by atoms with Crippen molar-refractivity contribution < 1.29 is 57.2 Å². The molecule has 0 atom stereocenters. The van der Waals surface area contributed by atoms with Crippen molar-refractivity contribution in [3.05, 3.63) is 112 Å². The molecule has 0 bridgehead atoms. The van der Waals surface area contributed by atoms with E-state index in [1.807, 2.05) is 70.6 Å². The van der Waals surface area contributed by atoms with Gasteiger partial charge in [-0.3, -0.25) is 28.8 Å². The topological polar surface area (TPSA) is 230 Å². The molecule has 0 fully saturated rings. The van der Waals surface area contributed by atoms with Crippen LogP contribution >= 0.6 is 70.6 Å². The first-order chi connectivity index (χ1) is 62.0. The average Bonchev–Trinajstić information content (AvgIpc) is 0.725. The Morgan fingerprint density at radius 2 is 0.310 bits per heavy atom. The van der Waals surface area contributed by atoms with Gasteiger partial charge in [0, 0.05) is 39.3 Å². The van der Waals surface area contributed by atoms with Crippen molar-refractivity contribution in [3.63, 3.8) is 0 Å². The number of amides is 6. The van der Waals surface area contributed by atoms with E-state index in [2.05, 4.69) is 108 Å². The largest absolute Gasteiger partial charge is 0.490 e. The Bertz CT molecular complexity index is 3020. The summed E-state index contributed by atoms with van der Waals surface area (Å²) < 4.78 is 42.1. The summed E-state index contributed by atoms with van der Waals surface area (Å²) >= 11 is 12.2. The number of nitrogens with one attached hydrogen (secondary N) is 6. The predicted molar refractivity (Wildman–Crippen MR) is 549 cm³/mol. The summed E-state index contributed by atoms with van der Waals surface area (Å²) in [5, 5.41) is 23.6. The molecule has 0 heterocycles. The fourth-order valence-electron chi connectivity index (χ4n) is 14.1. The Morgan fingerprint density at radius 3 is 0.437 bits per heavy atom. The second-order valence-corrected chi connectivity index (χ2v) is 39.5. The third-order valence-corrected chi connectivity index (χ3v) is 28.4. The molecule has 0 aromatic heterocycles. The van der Waals surface area contributed by atoms with Gasteiger partial charge < -0.3 is 60.3 Å². The number of unbranched alkanes of at least 4 members (excludes halogenated alkanes) is 30. The van der Waals surface area contributed by atoms with Crippen LogP contribution < -0.4 is 60.3 Å². The average molecular weight is 1860 g/mol. The van der Waals surface area contributed by atoms with E-state index in [1.165, 1.54) is 36.5 Å². The summed E-state index contributed by atoms with van der Waals surface area (Å²) in [4.78, 5) is 69.5. The molecule has 4 aromatic rings. The second-order valence-electron chi connectivity index (χ2n) is 32.1. The van der Waals surface area contributed by atoms with Gasteiger partial charge in [-0.2, -0.15) is 70.6 Å². The number of hydrogen-bond donors (Lipinski definition) is 6. The molecule has 0 saturated carbocycles. The zero-order chi connectivity index (χ0) is 90.3. The van der Waals surface area contributed by atoms with Crippen LogP contribution in [0.15, 0.2) is 112 Å². The fraction of sp³-hybridized carbons (Fsp3) is 0.647. The van der Waals surface area contributed by atoms with Gasteiger partial charge in [0.25, 0.3) is 0 Å². The van der Waals surface area contributed by atoms with Crippen LogP contribution in [0.3, 0.4) is 0 Å². The van der Waals surface area contributed by atoms with Gasteiger partial charge in [0.1, 0.15) is 0 Å². The standard InChI is InChI=1S/C102H162N6O12S6/c1-7-97(109)103-55-31-25-49-73-121-67-43-19-13-37-61-115-91-79-85-86(80-92(91)116-62-38-14-20-44-68-122-74-50-26-32-56-104-98(110)8-2)88-82-94(118-64-40-16-22-46-70-124-76-52-28-34-58-106-100(112)10-4)96(120-66-42-18-24-48-72-126-78-54-30-36-60-108-102(114)12-6)84-90(88)89-83-95(119-65-41-17-23-47-71-125-77-53-29-35-59-107-101(113)11-5)93(81-87(85)89)117-63-39-15-21-45-69-123-75-51-27-33-57-105-99(111)9-3/h7-12,79-84H,1-6,13-78H2,(H,103,109)(H,104,110)(H,105,111)(H,106,112)(H,107,113)(H,108,114). The highest BCUT2D eigenvalue weighted by molar-refractivity contribution is 8.00. The SMILES string of the molecule is C=CC(=O)NCCCCCSCCCCCCOc1cc2c3cc(OCCCCCCSCCCCCNC(=O)C=C)c(OCCCCCCSCCCCCNC(=O)C=C)cc3c3cc(OCCCCCCSCCCCCNC(=O)C=C)c(OCCCCCCSCCCCCNC(=O)C=C)cc3c2cc1OCCCCCCSCCCCCNC(=O)C=C. The van der Waals surface area contributed by atoms with E-state index in [4.69, 9.17) is 28.4 Å². The van der Waals surface area contributed by atoms with E-state index in [1.54, 1.807) is 0 Å². The summed E-state index contributed by atoms with van der Waals surface area (Å²) in [6.45, 7) is 28.9. The van der Waals surface area contributed by atoms with Crippen molar-refractivity contribution in [2.45, 2.75) is 270 Å². The first kappa shape index (κ1) is 112. The minimum absolute atomic E-state index is 0.108. The smallest absolute Gasteiger partial charge is 0.243 e. The molecule has 4 rings (SSSR count). The molecule has 6 N–H and O–H groups in total. The molecule has 4 aromatic carbocycles. The van der Waals surface area contributed by atoms with Crippen LogP contribution in [-0.4, -0.2) is 183 Å². The number of ether oxygens (including phenoxy) is 6. The molecule has 0 aliphatic carbocycles.